The van der Waals surface area contributed by atoms with Crippen LogP contribution in [0.4, 0.5) is 16.2 Å². The molecule has 0 saturated heterocycles. The molecule has 2 N–H and O–H groups in total. The lowest BCUT2D eigenvalue weighted by atomic mass is 10.2. The van der Waals surface area contributed by atoms with E-state index in [0.29, 0.717) is 18.1 Å². The van der Waals surface area contributed by atoms with E-state index in [1.807, 2.05) is 43.3 Å². The minimum absolute atomic E-state index is 0.306. The third-order valence-electron chi connectivity index (χ3n) is 3.56. The van der Waals surface area contributed by atoms with Crippen LogP contribution in [0.2, 0.25) is 0 Å². The largest absolute Gasteiger partial charge is 0.445 e. The molecule has 0 radical (unpaired) electrons. The summed E-state index contributed by atoms with van der Waals surface area (Å²) < 4.78 is 5.27. The van der Waals surface area contributed by atoms with Gasteiger partial charge in [0.05, 0.1) is 24.1 Å². The lowest BCUT2D eigenvalue weighted by molar-refractivity contribution is 0.251. The van der Waals surface area contributed by atoms with Crippen molar-refractivity contribution in [3.63, 3.8) is 0 Å². The van der Waals surface area contributed by atoms with Crippen molar-refractivity contribution in [3.05, 3.63) is 60.7 Å². The summed E-state index contributed by atoms with van der Waals surface area (Å²) in [5, 5.41) is 5.62. The highest BCUT2D eigenvalue weighted by molar-refractivity contribution is 5.89. The van der Waals surface area contributed by atoms with E-state index >= 15 is 0 Å². The molecule has 0 atom stereocenters. The molecule has 7 nitrogen and oxygen atoms in total. The van der Waals surface area contributed by atoms with Crippen molar-refractivity contribution in [2.24, 2.45) is 0 Å². The number of pyridine rings is 1. The van der Waals surface area contributed by atoms with Crippen LogP contribution in [0.1, 0.15) is 5.69 Å². The van der Waals surface area contributed by atoms with Crippen molar-refractivity contribution in [1.29, 1.82) is 0 Å². The zero-order valence-corrected chi connectivity index (χ0v) is 14.1. The summed E-state index contributed by atoms with van der Waals surface area (Å²) in [4.78, 5) is 22.5. The fraction of sp³-hybridized carbons (Fsp3) is 0.167. The Morgan fingerprint density at radius 2 is 2.04 bits per heavy atom. The monoisotopic (exact) mass is 337 g/mol. The van der Waals surface area contributed by atoms with E-state index in [0.717, 1.165) is 16.9 Å². The van der Waals surface area contributed by atoms with Gasteiger partial charge in [-0.05, 0) is 30.3 Å². The van der Waals surface area contributed by atoms with Gasteiger partial charge in [-0.25, -0.2) is 9.78 Å². The Bertz CT molecular complexity index is 846. The molecule has 1 aromatic carbocycles. The number of carbonyl (C=O) groups is 1. The van der Waals surface area contributed by atoms with E-state index in [1.165, 1.54) is 6.26 Å². The summed E-state index contributed by atoms with van der Waals surface area (Å²) >= 11 is 0. The molecular formula is C18H19N5O2. The maximum absolute atomic E-state index is 12.2. The van der Waals surface area contributed by atoms with Crippen LogP contribution in [0.5, 0.6) is 0 Å². The van der Waals surface area contributed by atoms with Crippen LogP contribution in [-0.4, -0.2) is 30.1 Å². The standard InChI is InChI=1S/C18H19N5O2/c1-23(2)16-7-4-8-19-15(16)12-21-18(24)22-14-6-3-5-13(11-14)17-20-9-10-25-17/h3-11H,12H2,1-2H3,(H2,21,22,24). The van der Waals surface area contributed by atoms with Gasteiger partial charge < -0.3 is 20.0 Å². The molecular weight excluding hydrogens is 318 g/mol. The molecule has 0 saturated carbocycles. The first kappa shape index (κ1) is 16.5. The lowest BCUT2D eigenvalue weighted by Crippen LogP contribution is -2.29. The van der Waals surface area contributed by atoms with Gasteiger partial charge in [0.25, 0.3) is 0 Å². The minimum atomic E-state index is -0.306. The van der Waals surface area contributed by atoms with Gasteiger partial charge in [0, 0.05) is 31.5 Å². The number of rotatable bonds is 5. The first-order valence-electron chi connectivity index (χ1n) is 7.79. The van der Waals surface area contributed by atoms with E-state index in [4.69, 9.17) is 4.42 Å². The maximum atomic E-state index is 12.2. The molecule has 2 amide bonds. The lowest BCUT2D eigenvalue weighted by Gasteiger charge is -2.16. The first-order chi connectivity index (χ1) is 12.1. The molecule has 0 aliphatic heterocycles. The first-order valence-corrected chi connectivity index (χ1v) is 7.79. The molecule has 0 aliphatic rings. The summed E-state index contributed by atoms with van der Waals surface area (Å²) in [5.74, 6) is 0.508. The van der Waals surface area contributed by atoms with Crippen LogP contribution in [0, 0.1) is 0 Å². The zero-order chi connectivity index (χ0) is 17.6. The molecule has 128 valence electrons. The second kappa shape index (κ2) is 7.48. The molecule has 2 aromatic heterocycles. The smallest absolute Gasteiger partial charge is 0.319 e. The van der Waals surface area contributed by atoms with Gasteiger partial charge in [-0.15, -0.1) is 0 Å². The Morgan fingerprint density at radius 1 is 1.16 bits per heavy atom. The normalized spacial score (nSPS) is 10.3. The Hall–Kier alpha value is -3.35. The summed E-state index contributed by atoms with van der Waals surface area (Å²) in [6.07, 6.45) is 4.80. The van der Waals surface area contributed by atoms with Gasteiger partial charge in [-0.1, -0.05) is 6.07 Å². The van der Waals surface area contributed by atoms with Crippen molar-refractivity contribution in [3.8, 4) is 11.5 Å². The number of nitrogens with zero attached hydrogens (tertiary/aromatic N) is 3. The average molecular weight is 337 g/mol. The van der Waals surface area contributed by atoms with Crippen LogP contribution in [-0.2, 0) is 6.54 Å². The van der Waals surface area contributed by atoms with Gasteiger partial charge in [0.2, 0.25) is 5.89 Å². The summed E-state index contributed by atoms with van der Waals surface area (Å²) in [5.41, 5.74) is 3.22. The van der Waals surface area contributed by atoms with Crippen LogP contribution in [0.15, 0.2) is 59.5 Å². The highest BCUT2D eigenvalue weighted by Crippen LogP contribution is 2.21. The molecule has 0 fully saturated rings. The minimum Gasteiger partial charge on any atom is -0.445 e. The number of hydrogen-bond acceptors (Lipinski definition) is 5. The predicted molar refractivity (Wildman–Crippen MR) is 96.4 cm³/mol. The predicted octanol–water partition coefficient (Wildman–Crippen LogP) is 3.12. The van der Waals surface area contributed by atoms with Gasteiger partial charge in [0.1, 0.15) is 6.26 Å². The topological polar surface area (TPSA) is 83.3 Å². The van der Waals surface area contributed by atoms with E-state index in [1.54, 1.807) is 24.5 Å². The van der Waals surface area contributed by atoms with Gasteiger partial charge in [0.15, 0.2) is 0 Å². The number of oxazole rings is 1. The van der Waals surface area contributed by atoms with Crippen LogP contribution < -0.4 is 15.5 Å². The molecule has 0 aliphatic carbocycles. The number of anilines is 2. The number of hydrogen-bond donors (Lipinski definition) is 2. The highest BCUT2D eigenvalue weighted by Gasteiger charge is 2.09. The van der Waals surface area contributed by atoms with Crippen molar-refractivity contribution >= 4 is 17.4 Å². The third kappa shape index (κ3) is 4.14. The molecule has 25 heavy (non-hydrogen) atoms. The number of carbonyl (C=O) groups excluding carboxylic acids is 1. The number of aromatic nitrogens is 2. The average Bonchev–Trinajstić information content (AvgIpc) is 3.15. The second-order valence-electron chi connectivity index (χ2n) is 5.59. The number of amides is 2. The quantitative estimate of drug-likeness (QED) is 0.747. The van der Waals surface area contributed by atoms with Crippen LogP contribution in [0.3, 0.4) is 0 Å². The second-order valence-corrected chi connectivity index (χ2v) is 5.59. The number of nitrogens with one attached hydrogen (secondary N) is 2. The number of benzene rings is 1. The Kier molecular flexibility index (Phi) is 4.94. The SMILES string of the molecule is CN(C)c1cccnc1CNC(=O)Nc1cccc(-c2ncco2)c1. The van der Waals surface area contributed by atoms with Crippen molar-refractivity contribution in [2.45, 2.75) is 6.54 Å². The molecule has 2 heterocycles. The molecule has 3 rings (SSSR count). The Morgan fingerprint density at radius 3 is 2.80 bits per heavy atom. The summed E-state index contributed by atoms with van der Waals surface area (Å²) in [6.45, 7) is 0.333. The summed E-state index contributed by atoms with van der Waals surface area (Å²) in [6, 6.07) is 10.8. The number of urea groups is 1. The zero-order valence-electron chi connectivity index (χ0n) is 14.1. The Balaban J connectivity index is 1.63. The van der Waals surface area contributed by atoms with Gasteiger partial charge >= 0.3 is 6.03 Å². The highest BCUT2D eigenvalue weighted by atomic mass is 16.3. The van der Waals surface area contributed by atoms with Crippen LogP contribution in [0.25, 0.3) is 11.5 Å². The third-order valence-corrected chi connectivity index (χ3v) is 3.56. The molecule has 0 unspecified atom stereocenters. The fourth-order valence-electron chi connectivity index (χ4n) is 2.41. The van der Waals surface area contributed by atoms with Crippen molar-refractivity contribution in [1.82, 2.24) is 15.3 Å². The van der Waals surface area contributed by atoms with Gasteiger partial charge in [-0.3, -0.25) is 4.98 Å². The fourth-order valence-corrected chi connectivity index (χ4v) is 2.41. The van der Waals surface area contributed by atoms with E-state index < -0.39 is 0 Å². The molecule has 3 aromatic rings. The van der Waals surface area contributed by atoms with Crippen LogP contribution >= 0.6 is 0 Å². The Labute approximate surface area is 145 Å². The van der Waals surface area contributed by atoms with E-state index in [9.17, 15) is 4.79 Å². The van der Waals surface area contributed by atoms with Crippen molar-refractivity contribution in [2.75, 3.05) is 24.3 Å². The molecule has 0 spiro atoms. The van der Waals surface area contributed by atoms with Gasteiger partial charge in [-0.2, -0.15) is 0 Å². The molecule has 7 heteroatoms. The van der Waals surface area contributed by atoms with Crippen molar-refractivity contribution < 1.29 is 9.21 Å². The van der Waals surface area contributed by atoms with E-state index in [-0.39, 0.29) is 6.03 Å². The van der Waals surface area contributed by atoms with E-state index in [2.05, 4.69) is 20.6 Å². The maximum Gasteiger partial charge on any atom is 0.319 e. The molecule has 0 bridgehead atoms. The summed E-state index contributed by atoms with van der Waals surface area (Å²) in [7, 11) is 3.88.